The number of aryl methyl sites for hydroxylation is 1. The SMILES string of the molecule is CCCNCC(C)COc1ccc(C(C)C)c(C)c1. The quantitative estimate of drug-likeness (QED) is 0.712. The third-order valence-corrected chi connectivity index (χ3v) is 3.32. The maximum atomic E-state index is 5.87. The summed E-state index contributed by atoms with van der Waals surface area (Å²) in [6, 6.07) is 6.44. The van der Waals surface area contributed by atoms with Gasteiger partial charge in [-0.2, -0.15) is 0 Å². The number of hydrogen-bond acceptors (Lipinski definition) is 2. The zero-order valence-electron chi connectivity index (χ0n) is 13.1. The van der Waals surface area contributed by atoms with Crippen molar-refractivity contribution in [3.05, 3.63) is 29.3 Å². The van der Waals surface area contributed by atoms with Gasteiger partial charge in [0.25, 0.3) is 0 Å². The van der Waals surface area contributed by atoms with E-state index in [1.807, 2.05) is 0 Å². The second kappa shape index (κ2) is 8.21. The van der Waals surface area contributed by atoms with Crippen LogP contribution in [0.15, 0.2) is 18.2 Å². The summed E-state index contributed by atoms with van der Waals surface area (Å²) in [6.07, 6.45) is 1.18. The van der Waals surface area contributed by atoms with Crippen molar-refractivity contribution < 1.29 is 4.74 Å². The lowest BCUT2D eigenvalue weighted by atomic mass is 9.98. The lowest BCUT2D eigenvalue weighted by Crippen LogP contribution is -2.25. The predicted molar refractivity (Wildman–Crippen MR) is 83.1 cm³/mol. The molecule has 0 saturated heterocycles. The van der Waals surface area contributed by atoms with E-state index in [0.717, 1.165) is 25.4 Å². The minimum atomic E-state index is 0.539. The molecule has 108 valence electrons. The first-order valence-electron chi connectivity index (χ1n) is 7.48. The highest BCUT2D eigenvalue weighted by molar-refractivity contribution is 5.36. The van der Waals surface area contributed by atoms with E-state index < -0.39 is 0 Å². The Kier molecular flexibility index (Phi) is 6.93. The molecule has 0 fully saturated rings. The van der Waals surface area contributed by atoms with Gasteiger partial charge in [-0.1, -0.05) is 33.8 Å². The molecule has 1 N–H and O–H groups in total. The van der Waals surface area contributed by atoms with Gasteiger partial charge in [-0.25, -0.2) is 0 Å². The molecular weight excluding hydrogens is 234 g/mol. The van der Waals surface area contributed by atoms with Crippen LogP contribution in [0.1, 0.15) is 51.2 Å². The van der Waals surface area contributed by atoms with Gasteiger partial charge in [-0.15, -0.1) is 0 Å². The smallest absolute Gasteiger partial charge is 0.119 e. The molecule has 0 aromatic heterocycles. The standard InChI is InChI=1S/C17H29NO/c1-6-9-18-11-14(4)12-19-16-7-8-17(13(2)3)15(5)10-16/h7-8,10,13-14,18H,6,9,11-12H2,1-5H3. The molecule has 0 aliphatic heterocycles. The van der Waals surface area contributed by atoms with Crippen molar-refractivity contribution in [3.63, 3.8) is 0 Å². The van der Waals surface area contributed by atoms with Gasteiger partial charge >= 0.3 is 0 Å². The van der Waals surface area contributed by atoms with E-state index in [0.29, 0.717) is 11.8 Å². The molecule has 1 aromatic carbocycles. The van der Waals surface area contributed by atoms with Gasteiger partial charge in [-0.3, -0.25) is 0 Å². The van der Waals surface area contributed by atoms with Crippen LogP contribution in [0.5, 0.6) is 5.75 Å². The molecule has 1 rings (SSSR count). The summed E-state index contributed by atoms with van der Waals surface area (Å²) >= 11 is 0. The Morgan fingerprint density at radius 3 is 2.53 bits per heavy atom. The van der Waals surface area contributed by atoms with Crippen molar-refractivity contribution in [1.82, 2.24) is 5.32 Å². The van der Waals surface area contributed by atoms with Crippen molar-refractivity contribution in [1.29, 1.82) is 0 Å². The molecule has 0 bridgehead atoms. The summed E-state index contributed by atoms with van der Waals surface area (Å²) in [5.74, 6) is 2.10. The van der Waals surface area contributed by atoms with Crippen LogP contribution in [0.25, 0.3) is 0 Å². The average Bonchev–Trinajstić information content (AvgIpc) is 2.36. The lowest BCUT2D eigenvalue weighted by molar-refractivity contribution is 0.255. The Labute approximate surface area is 118 Å². The molecule has 0 aliphatic carbocycles. The first-order chi connectivity index (χ1) is 9.04. The Hall–Kier alpha value is -1.02. The molecule has 1 aromatic rings. The van der Waals surface area contributed by atoms with Crippen molar-refractivity contribution in [2.75, 3.05) is 19.7 Å². The Morgan fingerprint density at radius 1 is 1.21 bits per heavy atom. The zero-order chi connectivity index (χ0) is 14.3. The van der Waals surface area contributed by atoms with Crippen LogP contribution in [-0.4, -0.2) is 19.7 Å². The summed E-state index contributed by atoms with van der Waals surface area (Å²) in [5, 5.41) is 3.43. The van der Waals surface area contributed by atoms with Gasteiger partial charge in [-0.05, 0) is 49.1 Å². The number of benzene rings is 1. The third-order valence-electron chi connectivity index (χ3n) is 3.32. The topological polar surface area (TPSA) is 21.3 Å². The fourth-order valence-electron chi connectivity index (χ4n) is 2.21. The Bertz CT molecular complexity index is 374. The van der Waals surface area contributed by atoms with Crippen LogP contribution in [0.3, 0.4) is 0 Å². The highest BCUT2D eigenvalue weighted by Gasteiger charge is 2.06. The molecule has 0 saturated carbocycles. The van der Waals surface area contributed by atoms with E-state index in [1.165, 1.54) is 17.5 Å². The molecule has 0 amide bonds. The first-order valence-corrected chi connectivity index (χ1v) is 7.48. The summed E-state index contributed by atoms with van der Waals surface area (Å²) in [7, 11) is 0. The molecule has 1 unspecified atom stereocenters. The van der Waals surface area contributed by atoms with Gasteiger partial charge in [0.1, 0.15) is 5.75 Å². The largest absolute Gasteiger partial charge is 0.493 e. The summed E-state index contributed by atoms with van der Waals surface area (Å²) in [4.78, 5) is 0. The number of ether oxygens (including phenoxy) is 1. The van der Waals surface area contributed by atoms with E-state index in [4.69, 9.17) is 4.74 Å². The molecule has 0 radical (unpaired) electrons. The molecule has 0 aliphatic rings. The van der Waals surface area contributed by atoms with Crippen molar-refractivity contribution in [3.8, 4) is 5.75 Å². The minimum Gasteiger partial charge on any atom is -0.493 e. The lowest BCUT2D eigenvalue weighted by Gasteiger charge is -2.16. The van der Waals surface area contributed by atoms with E-state index in [1.54, 1.807) is 0 Å². The molecule has 1 atom stereocenters. The number of rotatable bonds is 8. The Balaban J connectivity index is 2.43. The highest BCUT2D eigenvalue weighted by atomic mass is 16.5. The molecular formula is C17H29NO. The van der Waals surface area contributed by atoms with Crippen LogP contribution in [0, 0.1) is 12.8 Å². The van der Waals surface area contributed by atoms with Crippen molar-refractivity contribution in [2.45, 2.75) is 47.0 Å². The van der Waals surface area contributed by atoms with E-state index >= 15 is 0 Å². The monoisotopic (exact) mass is 263 g/mol. The number of nitrogens with one attached hydrogen (secondary N) is 1. The zero-order valence-corrected chi connectivity index (χ0v) is 13.1. The fourth-order valence-corrected chi connectivity index (χ4v) is 2.21. The average molecular weight is 263 g/mol. The highest BCUT2D eigenvalue weighted by Crippen LogP contribution is 2.23. The second-order valence-electron chi connectivity index (χ2n) is 5.79. The maximum Gasteiger partial charge on any atom is 0.119 e. The Morgan fingerprint density at radius 2 is 1.95 bits per heavy atom. The number of hydrogen-bond donors (Lipinski definition) is 1. The van der Waals surface area contributed by atoms with Crippen LogP contribution in [-0.2, 0) is 0 Å². The van der Waals surface area contributed by atoms with Crippen LogP contribution in [0.4, 0.5) is 0 Å². The molecule has 0 heterocycles. The van der Waals surface area contributed by atoms with Crippen molar-refractivity contribution in [2.24, 2.45) is 5.92 Å². The molecule has 0 spiro atoms. The van der Waals surface area contributed by atoms with E-state index in [9.17, 15) is 0 Å². The predicted octanol–water partition coefficient (Wildman–Crippen LogP) is 4.13. The van der Waals surface area contributed by atoms with Crippen LogP contribution in [0.2, 0.25) is 0 Å². The van der Waals surface area contributed by atoms with E-state index in [-0.39, 0.29) is 0 Å². The van der Waals surface area contributed by atoms with E-state index in [2.05, 4.69) is 58.1 Å². The fraction of sp³-hybridized carbons (Fsp3) is 0.647. The van der Waals surface area contributed by atoms with Crippen LogP contribution >= 0.6 is 0 Å². The minimum absolute atomic E-state index is 0.539. The normalized spacial score (nSPS) is 12.7. The molecule has 19 heavy (non-hydrogen) atoms. The second-order valence-corrected chi connectivity index (χ2v) is 5.79. The molecule has 2 nitrogen and oxygen atoms in total. The maximum absolute atomic E-state index is 5.87. The summed E-state index contributed by atoms with van der Waals surface area (Å²) in [5.41, 5.74) is 2.73. The first kappa shape index (κ1) is 16.0. The van der Waals surface area contributed by atoms with Gasteiger partial charge in [0.05, 0.1) is 6.61 Å². The summed E-state index contributed by atoms with van der Waals surface area (Å²) in [6.45, 7) is 13.9. The van der Waals surface area contributed by atoms with Gasteiger partial charge < -0.3 is 10.1 Å². The summed E-state index contributed by atoms with van der Waals surface area (Å²) < 4.78 is 5.87. The third kappa shape index (κ3) is 5.65. The van der Waals surface area contributed by atoms with Gasteiger partial charge in [0.2, 0.25) is 0 Å². The molecule has 2 heteroatoms. The van der Waals surface area contributed by atoms with Gasteiger partial charge in [0.15, 0.2) is 0 Å². The van der Waals surface area contributed by atoms with Gasteiger partial charge in [0, 0.05) is 12.5 Å². The van der Waals surface area contributed by atoms with Crippen molar-refractivity contribution >= 4 is 0 Å². The van der Waals surface area contributed by atoms with Crippen LogP contribution < -0.4 is 10.1 Å².